The molecule has 0 bridgehead atoms. The Hall–Kier alpha value is -4.37. The van der Waals surface area contributed by atoms with Crippen molar-refractivity contribution < 1.29 is 4.74 Å². The first-order chi connectivity index (χ1) is 16.8. The van der Waals surface area contributed by atoms with Crippen molar-refractivity contribution in [3.8, 4) is 16.9 Å². The molecule has 0 spiro atoms. The second-order valence-electron chi connectivity index (χ2n) is 8.88. The molecular weight excluding hydrogens is 416 g/mol. The molecule has 0 amide bonds. The molecule has 0 aromatic heterocycles. The van der Waals surface area contributed by atoms with Gasteiger partial charge < -0.3 is 10.1 Å². The molecule has 0 fully saturated rings. The quantitative estimate of drug-likeness (QED) is 0.292. The highest BCUT2D eigenvalue weighted by atomic mass is 16.5. The Labute approximate surface area is 198 Å². The van der Waals surface area contributed by atoms with E-state index in [0.29, 0.717) is 0 Å². The summed E-state index contributed by atoms with van der Waals surface area (Å²) >= 11 is 0. The normalized spacial score (nSPS) is 16.6. The van der Waals surface area contributed by atoms with Crippen molar-refractivity contribution in [2.45, 2.75) is 13.0 Å². The summed E-state index contributed by atoms with van der Waals surface area (Å²) in [4.78, 5) is 5.22. The average molecular weight is 439 g/mol. The van der Waals surface area contributed by atoms with Crippen LogP contribution in [0, 0.1) is 0 Å². The molecule has 7 rings (SSSR count). The molecule has 3 heteroatoms. The number of allylic oxidation sites excluding steroid dienone is 1. The first-order valence-electron chi connectivity index (χ1n) is 11.6. The number of ether oxygens (including phenoxy) is 1. The van der Waals surface area contributed by atoms with Gasteiger partial charge in [-0.1, -0.05) is 97.1 Å². The van der Waals surface area contributed by atoms with Crippen molar-refractivity contribution in [1.82, 2.24) is 5.32 Å². The van der Waals surface area contributed by atoms with Gasteiger partial charge in [-0.2, -0.15) is 0 Å². The smallest absolute Gasteiger partial charge is 0.152 e. The molecule has 0 aliphatic carbocycles. The van der Waals surface area contributed by atoms with Gasteiger partial charge in [0.15, 0.2) is 5.76 Å². The van der Waals surface area contributed by atoms with Crippen LogP contribution in [-0.2, 0) is 0 Å². The van der Waals surface area contributed by atoms with Crippen LogP contribution in [0.4, 0.5) is 0 Å². The summed E-state index contributed by atoms with van der Waals surface area (Å²) in [5.74, 6) is 2.69. The van der Waals surface area contributed by atoms with E-state index >= 15 is 0 Å². The van der Waals surface area contributed by atoms with Crippen molar-refractivity contribution in [1.29, 1.82) is 0 Å². The lowest BCUT2D eigenvalue weighted by atomic mass is 9.92. The summed E-state index contributed by atoms with van der Waals surface area (Å²) in [7, 11) is 0. The molecule has 1 unspecified atom stereocenters. The monoisotopic (exact) mass is 438 g/mol. The molecule has 5 aromatic carbocycles. The lowest BCUT2D eigenvalue weighted by Crippen LogP contribution is -2.29. The molecular formula is C31H22N2O. The number of nitrogens with zero attached hydrogens (tertiary/aromatic N) is 1. The van der Waals surface area contributed by atoms with Crippen molar-refractivity contribution in [3.63, 3.8) is 0 Å². The van der Waals surface area contributed by atoms with Crippen LogP contribution in [0.5, 0.6) is 5.75 Å². The summed E-state index contributed by atoms with van der Waals surface area (Å²) in [5, 5.41) is 8.30. The minimum Gasteiger partial charge on any atom is -0.456 e. The van der Waals surface area contributed by atoms with Gasteiger partial charge in [0.2, 0.25) is 0 Å². The third-order valence-electron chi connectivity index (χ3n) is 6.83. The van der Waals surface area contributed by atoms with E-state index in [4.69, 9.17) is 9.73 Å². The fraction of sp³-hybridized carbons (Fsp3) is 0.0645. The molecule has 3 nitrogen and oxygen atoms in total. The highest BCUT2D eigenvalue weighted by molar-refractivity contribution is 6.13. The minimum atomic E-state index is -0.166. The van der Waals surface area contributed by atoms with Crippen LogP contribution in [0.15, 0.2) is 120 Å². The van der Waals surface area contributed by atoms with Gasteiger partial charge in [-0.25, -0.2) is 0 Å². The Bertz CT molecular complexity index is 1660. The average Bonchev–Trinajstić information content (AvgIpc) is 3.30. The largest absolute Gasteiger partial charge is 0.456 e. The van der Waals surface area contributed by atoms with Crippen LogP contribution in [-0.4, -0.2) is 5.84 Å². The van der Waals surface area contributed by atoms with Gasteiger partial charge in [-0.05, 0) is 40.3 Å². The van der Waals surface area contributed by atoms with Crippen LogP contribution in [0.3, 0.4) is 0 Å². The molecule has 2 aliphatic heterocycles. The first-order valence-corrected chi connectivity index (χ1v) is 11.6. The van der Waals surface area contributed by atoms with E-state index in [1.54, 1.807) is 0 Å². The molecule has 162 valence electrons. The summed E-state index contributed by atoms with van der Waals surface area (Å²) in [6.45, 7) is 2.08. The molecule has 5 aromatic rings. The summed E-state index contributed by atoms with van der Waals surface area (Å²) in [6.07, 6.45) is 0. The Morgan fingerprint density at radius 3 is 2.06 bits per heavy atom. The lowest BCUT2D eigenvalue weighted by molar-refractivity contribution is 0.419. The van der Waals surface area contributed by atoms with E-state index in [2.05, 4.69) is 109 Å². The summed E-state index contributed by atoms with van der Waals surface area (Å²) in [5.41, 5.74) is 5.60. The SMILES string of the molecule is CC1=C2Oc3c(c4ccccc4c4ccccc34)C2N=C(c2cccc(-c3ccccc3)c2)N1. The Kier molecular flexibility index (Phi) is 4.12. The van der Waals surface area contributed by atoms with Gasteiger partial charge in [0.25, 0.3) is 0 Å². The molecule has 0 saturated heterocycles. The number of benzene rings is 5. The van der Waals surface area contributed by atoms with Crippen LogP contribution >= 0.6 is 0 Å². The molecule has 2 heterocycles. The zero-order valence-electron chi connectivity index (χ0n) is 18.7. The number of hydrogen-bond acceptors (Lipinski definition) is 3. The summed E-state index contributed by atoms with van der Waals surface area (Å²) in [6, 6.07) is 35.9. The lowest BCUT2D eigenvalue weighted by Gasteiger charge is -2.22. The van der Waals surface area contributed by atoms with Crippen LogP contribution in [0.1, 0.15) is 24.1 Å². The fourth-order valence-corrected chi connectivity index (χ4v) is 5.24. The zero-order chi connectivity index (χ0) is 22.6. The Morgan fingerprint density at radius 1 is 0.647 bits per heavy atom. The van der Waals surface area contributed by atoms with E-state index in [1.165, 1.54) is 27.3 Å². The second kappa shape index (κ2) is 7.32. The standard InChI is InChI=1S/C31H22N2O/c1-19-29-28(33-31(32-19)22-13-9-12-21(18-22)20-10-3-2-4-11-20)27-25-16-7-5-14-23(25)24-15-6-8-17-26(24)30(27)34-29/h2-18,28H,1H3,(H,32,33). The van der Waals surface area contributed by atoms with Crippen molar-refractivity contribution in [3.05, 3.63) is 126 Å². The van der Waals surface area contributed by atoms with Gasteiger partial charge in [-0.15, -0.1) is 0 Å². The third-order valence-corrected chi connectivity index (χ3v) is 6.83. The molecule has 0 saturated carbocycles. The molecule has 34 heavy (non-hydrogen) atoms. The van der Waals surface area contributed by atoms with Crippen LogP contribution in [0.25, 0.3) is 32.7 Å². The first kappa shape index (κ1) is 19.1. The number of rotatable bonds is 2. The minimum absolute atomic E-state index is 0.166. The van der Waals surface area contributed by atoms with E-state index < -0.39 is 0 Å². The Morgan fingerprint density at radius 2 is 1.26 bits per heavy atom. The predicted molar refractivity (Wildman–Crippen MR) is 139 cm³/mol. The van der Waals surface area contributed by atoms with Gasteiger partial charge in [0.1, 0.15) is 17.6 Å². The number of nitrogens with one attached hydrogen (secondary N) is 1. The van der Waals surface area contributed by atoms with Gasteiger partial charge in [0.05, 0.1) is 5.70 Å². The number of fused-ring (bicyclic) bond motifs is 8. The molecule has 0 radical (unpaired) electrons. The van der Waals surface area contributed by atoms with Gasteiger partial charge in [-0.3, -0.25) is 4.99 Å². The van der Waals surface area contributed by atoms with Gasteiger partial charge in [0, 0.05) is 16.5 Å². The number of amidine groups is 1. The van der Waals surface area contributed by atoms with Crippen LogP contribution in [0.2, 0.25) is 0 Å². The Balaban J connectivity index is 1.42. The third kappa shape index (κ3) is 2.80. The zero-order valence-corrected chi connectivity index (χ0v) is 18.7. The fourth-order valence-electron chi connectivity index (χ4n) is 5.24. The maximum atomic E-state index is 6.53. The van der Waals surface area contributed by atoms with Crippen molar-refractivity contribution >= 4 is 27.4 Å². The number of hydrogen-bond donors (Lipinski definition) is 1. The van der Waals surface area contributed by atoms with Crippen molar-refractivity contribution in [2.24, 2.45) is 4.99 Å². The molecule has 2 aliphatic rings. The van der Waals surface area contributed by atoms with E-state index in [0.717, 1.165) is 39.6 Å². The maximum Gasteiger partial charge on any atom is 0.152 e. The topological polar surface area (TPSA) is 33.6 Å². The van der Waals surface area contributed by atoms with Crippen molar-refractivity contribution in [2.75, 3.05) is 0 Å². The second-order valence-corrected chi connectivity index (χ2v) is 8.88. The number of aliphatic imine (C=N–C) groups is 1. The molecule has 1 N–H and O–H groups in total. The maximum absolute atomic E-state index is 6.53. The van der Waals surface area contributed by atoms with Gasteiger partial charge >= 0.3 is 0 Å². The highest BCUT2D eigenvalue weighted by Crippen LogP contribution is 2.51. The summed E-state index contributed by atoms with van der Waals surface area (Å²) < 4.78 is 6.53. The van der Waals surface area contributed by atoms with E-state index in [-0.39, 0.29) is 6.04 Å². The van der Waals surface area contributed by atoms with E-state index in [9.17, 15) is 0 Å². The molecule has 1 atom stereocenters. The predicted octanol–water partition coefficient (Wildman–Crippen LogP) is 7.38. The van der Waals surface area contributed by atoms with Crippen LogP contribution < -0.4 is 10.1 Å². The van der Waals surface area contributed by atoms with E-state index in [1.807, 2.05) is 6.07 Å². The highest BCUT2D eigenvalue weighted by Gasteiger charge is 2.37.